The molecule has 0 unspecified atom stereocenters. The Kier molecular flexibility index (Phi) is 4.92. The summed E-state index contributed by atoms with van der Waals surface area (Å²) in [5, 5.41) is 11.1. The van der Waals surface area contributed by atoms with Crippen LogP contribution in [0.15, 0.2) is 45.9 Å². The fourth-order valence-electron chi connectivity index (χ4n) is 2.35. The van der Waals surface area contributed by atoms with Gasteiger partial charge in [0.25, 0.3) is 0 Å². The second kappa shape index (κ2) is 7.28. The van der Waals surface area contributed by atoms with Crippen LogP contribution in [0, 0.1) is 0 Å². The summed E-state index contributed by atoms with van der Waals surface area (Å²) in [6.45, 7) is 0.410. The second-order valence-corrected chi connectivity index (χ2v) is 5.67. The number of halogens is 1. The van der Waals surface area contributed by atoms with Crippen molar-refractivity contribution in [1.82, 2.24) is 20.8 Å². The van der Waals surface area contributed by atoms with Gasteiger partial charge in [0.15, 0.2) is 5.96 Å². The van der Waals surface area contributed by atoms with E-state index in [0.717, 1.165) is 24.4 Å². The average Bonchev–Trinajstić information content (AvgIpc) is 3.23. The van der Waals surface area contributed by atoms with Crippen LogP contribution in [0.4, 0.5) is 0 Å². The molecule has 0 spiro atoms. The summed E-state index contributed by atoms with van der Waals surface area (Å²) in [5.41, 5.74) is 0.826. The highest BCUT2D eigenvalue weighted by Crippen LogP contribution is 2.19. The lowest BCUT2D eigenvalue weighted by molar-refractivity contribution is 0.375. The van der Waals surface area contributed by atoms with Crippen molar-refractivity contribution in [3.8, 4) is 11.4 Å². The Morgan fingerprint density at radius 3 is 2.96 bits per heavy atom. The zero-order valence-electron chi connectivity index (χ0n) is 12.8. The third-order valence-electron chi connectivity index (χ3n) is 3.53. The van der Waals surface area contributed by atoms with Crippen molar-refractivity contribution >= 4 is 17.6 Å². The summed E-state index contributed by atoms with van der Waals surface area (Å²) < 4.78 is 5.26. The summed E-state index contributed by atoms with van der Waals surface area (Å²) in [5.74, 6) is 1.74. The van der Waals surface area contributed by atoms with Crippen LogP contribution in [0.2, 0.25) is 5.02 Å². The van der Waals surface area contributed by atoms with Crippen LogP contribution in [0.25, 0.3) is 11.4 Å². The van der Waals surface area contributed by atoms with Gasteiger partial charge in [0, 0.05) is 23.7 Å². The maximum Gasteiger partial charge on any atom is 0.246 e. The average molecular weight is 332 g/mol. The number of hydrogen-bond donors (Lipinski definition) is 2. The van der Waals surface area contributed by atoms with Gasteiger partial charge in [-0.2, -0.15) is 4.98 Å². The van der Waals surface area contributed by atoms with Gasteiger partial charge in [0.1, 0.15) is 0 Å². The molecule has 2 N–H and O–H groups in total. The minimum atomic E-state index is 0.394. The van der Waals surface area contributed by atoms with Crippen LogP contribution >= 0.6 is 11.6 Å². The molecular formula is C16H18ClN5O. The molecule has 23 heavy (non-hydrogen) atoms. The number of aliphatic imine (C=N–C) groups is 1. The van der Waals surface area contributed by atoms with E-state index < -0.39 is 0 Å². The number of aromatic nitrogens is 2. The molecule has 2 aromatic rings. The lowest BCUT2D eigenvalue weighted by Gasteiger charge is -2.15. The SMILES string of the molecule is CN=C(NCc1nc(-c2cccc(Cl)c2)no1)NC1CC=CC1. The van der Waals surface area contributed by atoms with Gasteiger partial charge >= 0.3 is 0 Å². The fourth-order valence-corrected chi connectivity index (χ4v) is 2.54. The summed E-state index contributed by atoms with van der Waals surface area (Å²) >= 11 is 5.98. The Bertz CT molecular complexity index is 717. The summed E-state index contributed by atoms with van der Waals surface area (Å²) in [4.78, 5) is 8.57. The molecule has 0 saturated heterocycles. The normalized spacial score (nSPS) is 15.1. The first kappa shape index (κ1) is 15.6. The first-order valence-corrected chi connectivity index (χ1v) is 7.83. The predicted octanol–water partition coefficient (Wildman–Crippen LogP) is 2.77. The van der Waals surface area contributed by atoms with E-state index in [9.17, 15) is 0 Å². The molecule has 0 fully saturated rings. The molecule has 0 atom stereocenters. The predicted molar refractivity (Wildman–Crippen MR) is 90.2 cm³/mol. The molecule has 0 saturated carbocycles. The lowest BCUT2D eigenvalue weighted by atomic mass is 10.2. The van der Waals surface area contributed by atoms with Gasteiger partial charge in [-0.15, -0.1) is 0 Å². The Morgan fingerprint density at radius 2 is 2.22 bits per heavy atom. The first-order valence-electron chi connectivity index (χ1n) is 7.45. The monoisotopic (exact) mass is 331 g/mol. The fraction of sp³-hybridized carbons (Fsp3) is 0.312. The number of nitrogens with zero attached hydrogens (tertiary/aromatic N) is 3. The molecule has 0 radical (unpaired) electrons. The smallest absolute Gasteiger partial charge is 0.246 e. The van der Waals surface area contributed by atoms with Crippen LogP contribution in [0.5, 0.6) is 0 Å². The van der Waals surface area contributed by atoms with Crippen LogP contribution in [0.3, 0.4) is 0 Å². The molecule has 1 aromatic heterocycles. The van der Waals surface area contributed by atoms with Crippen molar-refractivity contribution in [1.29, 1.82) is 0 Å². The summed E-state index contributed by atoms with van der Waals surface area (Å²) in [7, 11) is 1.74. The molecule has 1 aliphatic rings. The molecule has 0 bridgehead atoms. The van der Waals surface area contributed by atoms with Crippen LogP contribution in [0.1, 0.15) is 18.7 Å². The van der Waals surface area contributed by atoms with Gasteiger partial charge in [-0.3, -0.25) is 4.99 Å². The molecule has 1 aromatic carbocycles. The third kappa shape index (κ3) is 4.10. The van der Waals surface area contributed by atoms with Crippen molar-refractivity contribution in [2.24, 2.45) is 4.99 Å². The quantitative estimate of drug-likeness (QED) is 0.512. The lowest BCUT2D eigenvalue weighted by Crippen LogP contribution is -2.42. The zero-order valence-corrected chi connectivity index (χ0v) is 13.5. The van der Waals surface area contributed by atoms with Gasteiger partial charge in [-0.05, 0) is 25.0 Å². The molecule has 1 heterocycles. The van der Waals surface area contributed by atoms with Crippen LogP contribution in [-0.4, -0.2) is 29.2 Å². The van der Waals surface area contributed by atoms with E-state index in [0.29, 0.717) is 29.3 Å². The topological polar surface area (TPSA) is 75.3 Å². The van der Waals surface area contributed by atoms with E-state index in [2.05, 4.69) is 37.9 Å². The van der Waals surface area contributed by atoms with Crippen LogP contribution in [-0.2, 0) is 6.54 Å². The van der Waals surface area contributed by atoms with Gasteiger partial charge in [0.05, 0.1) is 6.54 Å². The molecule has 0 aliphatic heterocycles. The second-order valence-electron chi connectivity index (χ2n) is 5.23. The van der Waals surface area contributed by atoms with E-state index in [1.807, 2.05) is 12.1 Å². The molecule has 7 heteroatoms. The van der Waals surface area contributed by atoms with Crippen LogP contribution < -0.4 is 10.6 Å². The molecular weight excluding hydrogens is 314 g/mol. The Morgan fingerprint density at radius 1 is 1.39 bits per heavy atom. The van der Waals surface area contributed by atoms with E-state index in [1.54, 1.807) is 19.2 Å². The Hall–Kier alpha value is -2.34. The molecule has 1 aliphatic carbocycles. The highest BCUT2D eigenvalue weighted by molar-refractivity contribution is 6.30. The molecule has 0 amide bonds. The van der Waals surface area contributed by atoms with Crippen molar-refractivity contribution in [2.45, 2.75) is 25.4 Å². The van der Waals surface area contributed by atoms with Crippen molar-refractivity contribution in [3.05, 3.63) is 47.3 Å². The minimum absolute atomic E-state index is 0.394. The Labute approximate surface area is 139 Å². The largest absolute Gasteiger partial charge is 0.353 e. The van der Waals surface area contributed by atoms with E-state index in [-0.39, 0.29) is 0 Å². The van der Waals surface area contributed by atoms with Crippen molar-refractivity contribution in [3.63, 3.8) is 0 Å². The highest BCUT2D eigenvalue weighted by atomic mass is 35.5. The van der Waals surface area contributed by atoms with E-state index in [1.165, 1.54) is 0 Å². The van der Waals surface area contributed by atoms with Crippen molar-refractivity contribution in [2.75, 3.05) is 7.05 Å². The number of benzene rings is 1. The third-order valence-corrected chi connectivity index (χ3v) is 3.77. The number of nitrogens with one attached hydrogen (secondary N) is 2. The molecule has 3 rings (SSSR count). The van der Waals surface area contributed by atoms with Gasteiger partial charge in [-0.1, -0.05) is 41.0 Å². The minimum Gasteiger partial charge on any atom is -0.353 e. The molecule has 120 valence electrons. The molecule has 6 nitrogen and oxygen atoms in total. The van der Waals surface area contributed by atoms with Gasteiger partial charge in [-0.25, -0.2) is 0 Å². The van der Waals surface area contributed by atoms with Gasteiger partial charge < -0.3 is 15.2 Å². The number of guanidine groups is 1. The van der Waals surface area contributed by atoms with E-state index in [4.69, 9.17) is 16.1 Å². The van der Waals surface area contributed by atoms with Crippen molar-refractivity contribution < 1.29 is 4.52 Å². The standard InChI is InChI=1S/C16H18ClN5O/c1-18-16(20-13-7-2-3-8-13)19-10-14-21-15(22-23-14)11-5-4-6-12(17)9-11/h2-6,9,13H,7-8,10H2,1H3,(H2,18,19,20). The van der Waals surface area contributed by atoms with Gasteiger partial charge in [0.2, 0.25) is 11.7 Å². The zero-order chi connectivity index (χ0) is 16.1. The summed E-state index contributed by atoms with van der Waals surface area (Å²) in [6.07, 6.45) is 6.36. The number of hydrogen-bond acceptors (Lipinski definition) is 4. The maximum absolute atomic E-state index is 5.98. The van der Waals surface area contributed by atoms with E-state index >= 15 is 0 Å². The Balaban J connectivity index is 1.58. The number of rotatable bonds is 4. The maximum atomic E-state index is 5.98. The summed E-state index contributed by atoms with van der Waals surface area (Å²) in [6, 6.07) is 7.75. The first-order chi connectivity index (χ1) is 11.2. The highest BCUT2D eigenvalue weighted by Gasteiger charge is 2.13.